The number of carbonyl (C=O) groups is 2. The summed E-state index contributed by atoms with van der Waals surface area (Å²) in [6, 6.07) is 0. The highest BCUT2D eigenvalue weighted by Gasteiger charge is 2.51. The molecule has 0 aromatic rings. The zero-order valence-electron chi connectivity index (χ0n) is 37.0. The van der Waals surface area contributed by atoms with E-state index in [9.17, 15) is 44.6 Å². The van der Waals surface area contributed by atoms with Crippen molar-refractivity contribution in [1.29, 1.82) is 0 Å². The van der Waals surface area contributed by atoms with Gasteiger partial charge in [-0.25, -0.2) is 4.57 Å². The molecular formula is C46H83O13P. The summed E-state index contributed by atoms with van der Waals surface area (Å²) >= 11 is 0. The Bertz CT molecular complexity index is 1190. The molecule has 0 bridgehead atoms. The van der Waals surface area contributed by atoms with E-state index in [0.717, 1.165) is 64.2 Å². The molecule has 14 heteroatoms. The molecular weight excluding hydrogens is 791 g/mol. The molecule has 1 aliphatic rings. The van der Waals surface area contributed by atoms with Crippen LogP contribution in [0.1, 0.15) is 187 Å². The van der Waals surface area contributed by atoms with E-state index in [-0.39, 0.29) is 12.8 Å². The minimum Gasteiger partial charge on any atom is -0.462 e. The molecule has 0 heterocycles. The van der Waals surface area contributed by atoms with Gasteiger partial charge in [0.2, 0.25) is 0 Å². The Morgan fingerprint density at radius 3 is 1.40 bits per heavy atom. The highest BCUT2D eigenvalue weighted by atomic mass is 31.2. The van der Waals surface area contributed by atoms with E-state index in [4.69, 9.17) is 18.5 Å². The lowest BCUT2D eigenvalue weighted by molar-refractivity contribution is -0.220. The number of phosphoric acid groups is 1. The summed E-state index contributed by atoms with van der Waals surface area (Å²) in [5.74, 6) is -1.12. The minimum absolute atomic E-state index is 0.0724. The molecule has 6 unspecified atom stereocenters. The van der Waals surface area contributed by atoms with E-state index in [1.54, 1.807) is 0 Å². The zero-order chi connectivity index (χ0) is 44.3. The third-order valence-electron chi connectivity index (χ3n) is 10.7. The molecule has 350 valence electrons. The molecule has 1 rings (SSSR count). The number of rotatable bonds is 38. The monoisotopic (exact) mass is 875 g/mol. The van der Waals surface area contributed by atoms with Crippen molar-refractivity contribution in [3.05, 3.63) is 36.5 Å². The van der Waals surface area contributed by atoms with Crippen molar-refractivity contribution in [3.63, 3.8) is 0 Å². The maximum atomic E-state index is 12.8. The third-order valence-corrected chi connectivity index (χ3v) is 11.7. The number of phosphoric ester groups is 1. The van der Waals surface area contributed by atoms with E-state index in [1.165, 1.54) is 83.5 Å². The first kappa shape index (κ1) is 56.1. The fraction of sp³-hybridized carbons (Fsp3) is 0.826. The quantitative estimate of drug-likeness (QED) is 0.0148. The number of hydrogen-bond acceptors (Lipinski definition) is 12. The Hall–Kier alpha value is -1.93. The lowest BCUT2D eigenvalue weighted by Gasteiger charge is -2.41. The topological polar surface area (TPSA) is 210 Å². The van der Waals surface area contributed by atoms with Crippen LogP contribution >= 0.6 is 7.82 Å². The van der Waals surface area contributed by atoms with Crippen LogP contribution in [0.3, 0.4) is 0 Å². The van der Waals surface area contributed by atoms with Crippen LogP contribution in [-0.2, 0) is 32.7 Å². The Labute approximate surface area is 361 Å². The van der Waals surface area contributed by atoms with Gasteiger partial charge in [0.25, 0.3) is 0 Å². The van der Waals surface area contributed by atoms with Gasteiger partial charge in [0, 0.05) is 12.8 Å². The molecule has 1 saturated carbocycles. The predicted octanol–water partition coefficient (Wildman–Crippen LogP) is 9.00. The summed E-state index contributed by atoms with van der Waals surface area (Å²) < 4.78 is 33.5. The van der Waals surface area contributed by atoms with Gasteiger partial charge in [-0.05, 0) is 51.4 Å². The lowest BCUT2D eigenvalue weighted by Crippen LogP contribution is -2.64. The van der Waals surface area contributed by atoms with Crippen LogP contribution in [-0.4, -0.2) is 98.3 Å². The molecule has 0 aromatic carbocycles. The Morgan fingerprint density at radius 1 is 0.517 bits per heavy atom. The molecule has 0 amide bonds. The van der Waals surface area contributed by atoms with Crippen LogP contribution in [0.4, 0.5) is 0 Å². The van der Waals surface area contributed by atoms with Crippen LogP contribution in [0.5, 0.6) is 0 Å². The molecule has 0 radical (unpaired) electrons. The molecule has 1 aliphatic carbocycles. The molecule has 13 nitrogen and oxygen atoms in total. The molecule has 0 aliphatic heterocycles. The highest BCUT2D eigenvalue weighted by molar-refractivity contribution is 7.47. The van der Waals surface area contributed by atoms with Gasteiger partial charge in [-0.15, -0.1) is 0 Å². The van der Waals surface area contributed by atoms with Crippen molar-refractivity contribution in [1.82, 2.24) is 0 Å². The van der Waals surface area contributed by atoms with E-state index < -0.39 is 75.7 Å². The number of carbonyl (C=O) groups excluding carboxylic acids is 2. The average molecular weight is 875 g/mol. The summed E-state index contributed by atoms with van der Waals surface area (Å²) in [4.78, 5) is 35.7. The number of esters is 2. The van der Waals surface area contributed by atoms with Crippen LogP contribution in [0.15, 0.2) is 36.5 Å². The van der Waals surface area contributed by atoms with Gasteiger partial charge in [0.1, 0.15) is 43.2 Å². The average Bonchev–Trinajstić information content (AvgIpc) is 3.23. The van der Waals surface area contributed by atoms with E-state index >= 15 is 0 Å². The molecule has 0 aromatic heterocycles. The molecule has 60 heavy (non-hydrogen) atoms. The Balaban J connectivity index is 2.48. The smallest absolute Gasteiger partial charge is 0.462 e. The van der Waals surface area contributed by atoms with Gasteiger partial charge in [0.15, 0.2) is 6.10 Å². The number of hydrogen-bond donors (Lipinski definition) is 6. The van der Waals surface area contributed by atoms with Gasteiger partial charge in [0.05, 0.1) is 6.61 Å². The maximum Gasteiger partial charge on any atom is 0.472 e. The standard InChI is InChI=1S/C46H83O13P/c1-3-5-7-9-11-13-15-17-19-20-21-23-25-27-29-31-33-35-40(48)58-38(37-57-60(54,55)59-46-44(52)42(50)41(49)43(51)45(46)53)36-56-39(47)34-32-30-28-26-24-22-18-16-14-12-10-8-6-4-2/h11,13,17,19,21,23,38,41-46,49-53H,3-10,12,14-16,18,20,22,24-37H2,1-2H3,(H,54,55)/b13-11-,19-17-,23-21-/t38-,41?,42-,43?,44?,45?,46?/m1/s1. The second-order valence-electron chi connectivity index (χ2n) is 16.3. The van der Waals surface area contributed by atoms with E-state index in [1.807, 2.05) is 0 Å². The van der Waals surface area contributed by atoms with Crippen molar-refractivity contribution in [2.24, 2.45) is 0 Å². The van der Waals surface area contributed by atoms with Gasteiger partial charge in [-0.3, -0.25) is 18.6 Å². The second-order valence-corrected chi connectivity index (χ2v) is 17.7. The van der Waals surface area contributed by atoms with Crippen LogP contribution in [0.2, 0.25) is 0 Å². The van der Waals surface area contributed by atoms with Crippen molar-refractivity contribution < 1.29 is 63.1 Å². The Morgan fingerprint density at radius 2 is 0.900 bits per heavy atom. The first-order valence-electron chi connectivity index (χ1n) is 23.3. The fourth-order valence-electron chi connectivity index (χ4n) is 6.94. The molecule has 0 spiro atoms. The SMILES string of the molecule is CCCCC/C=C\C/C=C\C/C=C\CCCCCCC(=O)O[C@H](COC(=O)CCCCCCCCCCCCCCCC)COP(=O)(O)OC1C(O)C(O)C(O)[C@@H](O)C1O. The number of aliphatic hydroxyl groups is 5. The molecule has 8 atom stereocenters. The van der Waals surface area contributed by atoms with Crippen molar-refractivity contribution in [2.75, 3.05) is 13.2 Å². The molecule has 0 saturated heterocycles. The molecule has 6 N–H and O–H groups in total. The summed E-state index contributed by atoms with van der Waals surface area (Å²) in [6.07, 6.45) is 27.6. The van der Waals surface area contributed by atoms with Crippen LogP contribution in [0, 0.1) is 0 Å². The van der Waals surface area contributed by atoms with E-state index in [0.29, 0.717) is 12.8 Å². The van der Waals surface area contributed by atoms with Crippen molar-refractivity contribution >= 4 is 19.8 Å². The summed E-state index contributed by atoms with van der Waals surface area (Å²) in [6.45, 7) is 3.26. The summed E-state index contributed by atoms with van der Waals surface area (Å²) in [7, 11) is -5.12. The number of aliphatic hydroxyl groups excluding tert-OH is 5. The lowest BCUT2D eigenvalue weighted by atomic mass is 9.85. The maximum absolute atomic E-state index is 12.8. The predicted molar refractivity (Wildman–Crippen MR) is 235 cm³/mol. The van der Waals surface area contributed by atoms with Crippen LogP contribution in [0.25, 0.3) is 0 Å². The van der Waals surface area contributed by atoms with E-state index in [2.05, 4.69) is 50.3 Å². The van der Waals surface area contributed by atoms with Gasteiger partial charge >= 0.3 is 19.8 Å². The second kappa shape index (κ2) is 36.5. The first-order valence-corrected chi connectivity index (χ1v) is 24.8. The normalized spacial score (nSPS) is 22.5. The van der Waals surface area contributed by atoms with Crippen LogP contribution < -0.4 is 0 Å². The fourth-order valence-corrected chi connectivity index (χ4v) is 7.91. The first-order chi connectivity index (χ1) is 28.9. The summed E-state index contributed by atoms with van der Waals surface area (Å²) in [5.41, 5.74) is 0. The van der Waals surface area contributed by atoms with Gasteiger partial charge in [-0.2, -0.15) is 0 Å². The van der Waals surface area contributed by atoms with Gasteiger partial charge < -0.3 is 39.9 Å². The van der Waals surface area contributed by atoms with Gasteiger partial charge in [-0.1, -0.05) is 159 Å². The number of unbranched alkanes of at least 4 members (excludes halogenated alkanes) is 20. The highest BCUT2D eigenvalue weighted by Crippen LogP contribution is 2.47. The largest absolute Gasteiger partial charge is 0.472 e. The van der Waals surface area contributed by atoms with Crippen molar-refractivity contribution in [2.45, 2.75) is 230 Å². The minimum atomic E-state index is -5.12. The number of allylic oxidation sites excluding steroid dienone is 6. The summed E-state index contributed by atoms with van der Waals surface area (Å²) in [5, 5.41) is 50.1. The third kappa shape index (κ3) is 28.6. The zero-order valence-corrected chi connectivity index (χ0v) is 37.9. The molecule has 1 fully saturated rings. The number of ether oxygens (including phenoxy) is 2. The Kier molecular flexibility index (Phi) is 34.2. The van der Waals surface area contributed by atoms with Crippen molar-refractivity contribution in [3.8, 4) is 0 Å².